The monoisotopic (exact) mass is 890 g/mol. The Morgan fingerprint density at radius 1 is 0.343 bits per heavy atom. The van der Waals surface area contributed by atoms with E-state index in [0.29, 0.717) is 0 Å². The van der Waals surface area contributed by atoms with Crippen molar-refractivity contribution in [1.29, 1.82) is 0 Å². The number of para-hydroxylation sites is 4. The second kappa shape index (κ2) is 14.4. The first-order valence-electron chi connectivity index (χ1n) is 24.6. The van der Waals surface area contributed by atoms with Crippen LogP contribution in [-0.2, 0) is 10.8 Å². The molecule has 1 spiro atoms. The van der Waals surface area contributed by atoms with Crippen LogP contribution in [0.3, 0.4) is 0 Å². The maximum Gasteiger partial charge on any atom is 0.0755 e. The molecule has 0 saturated carbocycles. The minimum Gasteiger partial charge on any atom is -0.309 e. The van der Waals surface area contributed by atoms with Crippen LogP contribution in [0.2, 0.25) is 0 Å². The van der Waals surface area contributed by atoms with E-state index in [0.717, 1.165) is 11.4 Å². The molecule has 12 aromatic rings. The van der Waals surface area contributed by atoms with E-state index in [-0.39, 0.29) is 5.41 Å². The zero-order valence-electron chi connectivity index (χ0n) is 39.0. The van der Waals surface area contributed by atoms with Crippen LogP contribution in [0.15, 0.2) is 243 Å². The summed E-state index contributed by atoms with van der Waals surface area (Å²) in [6, 6.07) is 91.3. The first-order valence-corrected chi connectivity index (χ1v) is 24.6. The number of fused-ring (bicyclic) bond motifs is 16. The molecule has 11 aromatic carbocycles. The van der Waals surface area contributed by atoms with Gasteiger partial charge in [-0.3, -0.25) is 0 Å². The number of hydrogen-bond donors (Lipinski definition) is 0. The van der Waals surface area contributed by atoms with Crippen LogP contribution in [0.25, 0.3) is 82.8 Å². The summed E-state index contributed by atoms with van der Waals surface area (Å²) in [6.07, 6.45) is 0. The Morgan fingerprint density at radius 3 is 1.74 bits per heavy atom. The van der Waals surface area contributed by atoms with E-state index in [2.05, 4.69) is 266 Å². The Labute approximate surface area is 408 Å². The van der Waals surface area contributed by atoms with Gasteiger partial charge in [0.05, 0.1) is 33.5 Å². The minimum atomic E-state index is -0.595. The van der Waals surface area contributed by atoms with E-state index in [1.54, 1.807) is 0 Å². The lowest BCUT2D eigenvalue weighted by atomic mass is 9.65. The number of rotatable bonds is 5. The zero-order chi connectivity index (χ0) is 46.3. The van der Waals surface area contributed by atoms with Crippen molar-refractivity contribution in [3.8, 4) is 50.2 Å². The highest BCUT2D eigenvalue weighted by Gasteiger charge is 2.51. The molecular weight excluding hydrogens is 845 g/mol. The maximum atomic E-state index is 2.59. The van der Waals surface area contributed by atoms with Gasteiger partial charge in [0, 0.05) is 33.0 Å². The van der Waals surface area contributed by atoms with E-state index in [1.165, 1.54) is 122 Å². The SMILES string of the molecule is CC1(C)c2ccccc2-c2c(N(c3ccc4c(c3)C3(c5ccccc5-4)c4ccccc4-n4c5ccccc5c5cccc3c54)c3ccccc3-c3ccccc3-c3cccc4ccccc34)cccc21. The van der Waals surface area contributed by atoms with Gasteiger partial charge in [0.25, 0.3) is 0 Å². The number of nitrogens with zero attached hydrogens (tertiary/aromatic N) is 2. The van der Waals surface area contributed by atoms with Gasteiger partial charge in [-0.25, -0.2) is 0 Å². The van der Waals surface area contributed by atoms with E-state index >= 15 is 0 Å². The Balaban J connectivity index is 1.05. The van der Waals surface area contributed by atoms with E-state index in [1.807, 2.05) is 0 Å². The normalized spacial score (nSPS) is 15.5. The molecule has 1 aliphatic heterocycles. The van der Waals surface area contributed by atoms with Crippen LogP contribution in [0.4, 0.5) is 17.1 Å². The number of anilines is 3. The molecule has 2 nitrogen and oxygen atoms in total. The van der Waals surface area contributed by atoms with Gasteiger partial charge in [0.15, 0.2) is 0 Å². The van der Waals surface area contributed by atoms with Crippen LogP contribution in [0.1, 0.15) is 47.2 Å². The summed E-state index contributed by atoms with van der Waals surface area (Å²) in [4.78, 5) is 2.59. The van der Waals surface area contributed by atoms with Crippen molar-refractivity contribution in [2.24, 2.45) is 0 Å². The second-order valence-corrected chi connectivity index (χ2v) is 19.9. The van der Waals surface area contributed by atoms with Gasteiger partial charge in [-0.15, -0.1) is 0 Å². The first-order chi connectivity index (χ1) is 34.5. The van der Waals surface area contributed by atoms with Crippen molar-refractivity contribution >= 4 is 49.6 Å². The predicted octanol–water partition coefficient (Wildman–Crippen LogP) is 17.7. The first kappa shape index (κ1) is 39.3. The average molecular weight is 891 g/mol. The lowest BCUT2D eigenvalue weighted by molar-refractivity contribution is 0.660. The minimum absolute atomic E-state index is 0.180. The fourth-order valence-corrected chi connectivity index (χ4v) is 13.3. The van der Waals surface area contributed by atoms with E-state index in [9.17, 15) is 0 Å². The van der Waals surface area contributed by atoms with Gasteiger partial charge in [0.2, 0.25) is 0 Å². The molecule has 1 unspecified atom stereocenters. The van der Waals surface area contributed by atoms with Crippen LogP contribution >= 0.6 is 0 Å². The molecule has 0 saturated heterocycles. The quantitative estimate of drug-likeness (QED) is 0.167. The highest BCUT2D eigenvalue weighted by molar-refractivity contribution is 6.13. The standard InChI is InChI=1S/C68H46N2/c1-67(2)55-31-11-8-28-54(55)65-58(67)34-19-39-64(65)69(61-36-14-9-26-51(61)48-24-6-5-23-47(48)46-29-17-21-43-20-3-4-22-45(43)46)44-40-41-50-49-25-7-12-32-56(49)68(60(50)42-44)57-33-13-16-38-63(57)70-62-37-15-10-27-52(62)53-30-18-35-59(68)66(53)70/h3-42H,1-2H3. The predicted molar refractivity (Wildman–Crippen MR) is 292 cm³/mol. The van der Waals surface area contributed by atoms with E-state index < -0.39 is 5.41 Å². The molecule has 3 aliphatic rings. The topological polar surface area (TPSA) is 8.17 Å². The summed E-state index contributed by atoms with van der Waals surface area (Å²) in [5.74, 6) is 0. The molecule has 0 N–H and O–H groups in total. The summed E-state index contributed by atoms with van der Waals surface area (Å²) < 4.78 is 2.54. The van der Waals surface area contributed by atoms with Crippen molar-refractivity contribution in [2.75, 3.05) is 4.90 Å². The molecule has 70 heavy (non-hydrogen) atoms. The maximum absolute atomic E-state index is 2.59. The lowest BCUT2D eigenvalue weighted by Gasteiger charge is -2.40. The zero-order valence-corrected chi connectivity index (χ0v) is 39.0. The molecule has 2 heterocycles. The number of aromatic nitrogens is 1. The highest BCUT2D eigenvalue weighted by atomic mass is 15.1. The van der Waals surface area contributed by atoms with Gasteiger partial charge in [0.1, 0.15) is 0 Å². The third-order valence-corrected chi connectivity index (χ3v) is 16.2. The molecule has 1 aromatic heterocycles. The van der Waals surface area contributed by atoms with Crippen molar-refractivity contribution in [3.63, 3.8) is 0 Å². The van der Waals surface area contributed by atoms with Gasteiger partial charge >= 0.3 is 0 Å². The van der Waals surface area contributed by atoms with Crippen LogP contribution in [0.5, 0.6) is 0 Å². The Hall–Kier alpha value is -8.72. The van der Waals surface area contributed by atoms with Crippen LogP contribution < -0.4 is 4.90 Å². The summed E-state index contributed by atoms with van der Waals surface area (Å²) >= 11 is 0. The molecule has 2 heteroatoms. The number of benzene rings is 11. The molecule has 1 atom stereocenters. The Morgan fingerprint density at radius 2 is 0.886 bits per heavy atom. The largest absolute Gasteiger partial charge is 0.309 e. The fraction of sp³-hybridized carbons (Fsp3) is 0.0588. The number of hydrogen-bond acceptors (Lipinski definition) is 1. The molecule has 0 radical (unpaired) electrons. The van der Waals surface area contributed by atoms with Crippen LogP contribution in [-0.4, -0.2) is 4.57 Å². The van der Waals surface area contributed by atoms with Crippen molar-refractivity contribution in [2.45, 2.75) is 24.7 Å². The van der Waals surface area contributed by atoms with Gasteiger partial charge in [-0.1, -0.05) is 220 Å². The van der Waals surface area contributed by atoms with Crippen molar-refractivity contribution < 1.29 is 0 Å². The molecule has 0 amide bonds. The fourth-order valence-electron chi connectivity index (χ4n) is 13.3. The van der Waals surface area contributed by atoms with Crippen molar-refractivity contribution in [1.82, 2.24) is 4.57 Å². The average Bonchev–Trinajstić information content (AvgIpc) is 4.00. The second-order valence-electron chi connectivity index (χ2n) is 19.9. The summed E-state index contributed by atoms with van der Waals surface area (Å²) in [5.41, 5.74) is 24.3. The summed E-state index contributed by atoms with van der Waals surface area (Å²) in [7, 11) is 0. The van der Waals surface area contributed by atoms with Crippen LogP contribution in [0, 0.1) is 0 Å². The van der Waals surface area contributed by atoms with Gasteiger partial charge < -0.3 is 9.47 Å². The highest BCUT2D eigenvalue weighted by Crippen LogP contribution is 2.63. The molecule has 15 rings (SSSR count). The van der Waals surface area contributed by atoms with Gasteiger partial charge in [-0.05, 0) is 114 Å². The van der Waals surface area contributed by atoms with Crippen molar-refractivity contribution in [3.05, 3.63) is 276 Å². The Bertz CT molecular complexity index is 4180. The third-order valence-electron chi connectivity index (χ3n) is 16.2. The van der Waals surface area contributed by atoms with E-state index in [4.69, 9.17) is 0 Å². The molecular formula is C68H46N2. The summed E-state index contributed by atoms with van der Waals surface area (Å²) in [6.45, 7) is 4.77. The molecule has 0 bridgehead atoms. The molecule has 2 aliphatic carbocycles. The smallest absolute Gasteiger partial charge is 0.0755 e. The third kappa shape index (κ3) is 5.07. The lowest BCUT2D eigenvalue weighted by Crippen LogP contribution is -2.33. The summed E-state index contributed by atoms with van der Waals surface area (Å²) in [5, 5.41) is 5.04. The Kier molecular flexibility index (Phi) is 8.08. The molecule has 0 fully saturated rings. The molecule has 328 valence electrons. The van der Waals surface area contributed by atoms with Gasteiger partial charge in [-0.2, -0.15) is 0 Å².